The number of para-hydroxylation sites is 1. The quantitative estimate of drug-likeness (QED) is 0.764. The number of carbonyl (C=O) groups excluding carboxylic acids is 2. The molecule has 0 saturated heterocycles. The lowest BCUT2D eigenvalue weighted by atomic mass is 10.1. The number of carboxylic acids is 1. The third-order valence-corrected chi connectivity index (χ3v) is 3.01. The van der Waals surface area contributed by atoms with E-state index >= 15 is 0 Å². The molecule has 0 aliphatic rings. The first kappa shape index (κ1) is 16.2. The molecule has 0 fully saturated rings. The lowest BCUT2D eigenvalue weighted by molar-refractivity contribution is -0.138. The van der Waals surface area contributed by atoms with Crippen molar-refractivity contribution in [3.05, 3.63) is 60.2 Å². The minimum Gasteiger partial charge on any atom is -0.481 e. The smallest absolute Gasteiger partial charge is 0.303 e. The Morgan fingerprint density at radius 1 is 0.826 bits per heavy atom. The second kappa shape index (κ2) is 7.74. The number of rotatable bonds is 6. The molecule has 6 nitrogen and oxygen atoms in total. The summed E-state index contributed by atoms with van der Waals surface area (Å²) in [6.07, 6.45) is -0.351. The Morgan fingerprint density at radius 2 is 1.52 bits per heavy atom. The molecule has 0 radical (unpaired) electrons. The predicted octanol–water partition coefficient (Wildman–Crippen LogP) is 2.74. The second-order valence-electron chi connectivity index (χ2n) is 4.84. The van der Waals surface area contributed by atoms with Crippen LogP contribution in [0.4, 0.5) is 11.4 Å². The first-order valence-corrected chi connectivity index (χ1v) is 7.03. The highest BCUT2D eigenvalue weighted by atomic mass is 16.4. The van der Waals surface area contributed by atoms with E-state index in [4.69, 9.17) is 5.11 Å². The Kier molecular flexibility index (Phi) is 5.46. The Labute approximate surface area is 133 Å². The molecular formula is C17H16N2O4. The van der Waals surface area contributed by atoms with Gasteiger partial charge in [0.15, 0.2) is 0 Å². The highest BCUT2D eigenvalue weighted by Gasteiger charge is 2.09. The lowest BCUT2D eigenvalue weighted by Crippen LogP contribution is -2.15. The molecular weight excluding hydrogens is 296 g/mol. The average molecular weight is 312 g/mol. The molecule has 6 heteroatoms. The molecule has 2 amide bonds. The van der Waals surface area contributed by atoms with Crippen LogP contribution in [0.5, 0.6) is 0 Å². The van der Waals surface area contributed by atoms with E-state index in [1.54, 1.807) is 30.3 Å². The van der Waals surface area contributed by atoms with E-state index in [9.17, 15) is 14.4 Å². The van der Waals surface area contributed by atoms with Crippen LogP contribution in [0, 0.1) is 0 Å². The summed E-state index contributed by atoms with van der Waals surface area (Å²) in [5.41, 5.74) is 1.51. The van der Waals surface area contributed by atoms with Gasteiger partial charge in [-0.3, -0.25) is 14.4 Å². The SMILES string of the molecule is O=C(O)CCC(=O)Nc1cccc(C(=O)Nc2ccccc2)c1. The fraction of sp³-hybridized carbons (Fsp3) is 0.118. The largest absolute Gasteiger partial charge is 0.481 e. The van der Waals surface area contributed by atoms with Gasteiger partial charge in [0, 0.05) is 23.4 Å². The van der Waals surface area contributed by atoms with Crippen molar-refractivity contribution < 1.29 is 19.5 Å². The first-order valence-electron chi connectivity index (χ1n) is 7.03. The molecule has 23 heavy (non-hydrogen) atoms. The van der Waals surface area contributed by atoms with Gasteiger partial charge in [0.25, 0.3) is 5.91 Å². The number of amides is 2. The van der Waals surface area contributed by atoms with E-state index in [0.717, 1.165) is 0 Å². The zero-order valence-electron chi connectivity index (χ0n) is 12.3. The van der Waals surface area contributed by atoms with Gasteiger partial charge in [-0.25, -0.2) is 0 Å². The van der Waals surface area contributed by atoms with Gasteiger partial charge in [-0.1, -0.05) is 24.3 Å². The molecule has 0 spiro atoms. The summed E-state index contributed by atoms with van der Waals surface area (Å²) in [5.74, 6) is -1.73. The molecule has 0 aromatic heterocycles. The molecule has 0 saturated carbocycles. The van der Waals surface area contributed by atoms with Gasteiger partial charge >= 0.3 is 5.97 Å². The standard InChI is InChI=1S/C17H16N2O4/c20-15(9-10-16(21)22)18-14-8-4-5-12(11-14)17(23)19-13-6-2-1-3-7-13/h1-8,11H,9-10H2,(H,18,20)(H,19,23)(H,21,22). The van der Waals surface area contributed by atoms with Crippen LogP contribution in [-0.4, -0.2) is 22.9 Å². The van der Waals surface area contributed by atoms with Crippen LogP contribution in [0.15, 0.2) is 54.6 Å². The summed E-state index contributed by atoms with van der Waals surface area (Å²) >= 11 is 0. The van der Waals surface area contributed by atoms with E-state index in [1.807, 2.05) is 18.2 Å². The molecule has 0 aliphatic carbocycles. The summed E-state index contributed by atoms with van der Waals surface area (Å²) < 4.78 is 0. The number of benzene rings is 2. The zero-order valence-corrected chi connectivity index (χ0v) is 12.3. The summed E-state index contributed by atoms with van der Waals surface area (Å²) in [6.45, 7) is 0. The van der Waals surface area contributed by atoms with Crippen molar-refractivity contribution >= 4 is 29.2 Å². The van der Waals surface area contributed by atoms with Crippen molar-refractivity contribution in [2.45, 2.75) is 12.8 Å². The number of hydrogen-bond acceptors (Lipinski definition) is 3. The maximum absolute atomic E-state index is 12.2. The Hall–Kier alpha value is -3.15. The monoisotopic (exact) mass is 312 g/mol. The van der Waals surface area contributed by atoms with Crippen molar-refractivity contribution in [3.8, 4) is 0 Å². The number of hydrogen-bond donors (Lipinski definition) is 3. The summed E-state index contributed by atoms with van der Waals surface area (Å²) in [5, 5.41) is 13.9. The number of anilines is 2. The Bertz CT molecular complexity index is 714. The predicted molar refractivity (Wildman–Crippen MR) is 86.3 cm³/mol. The third kappa shape index (κ3) is 5.28. The van der Waals surface area contributed by atoms with Crippen molar-refractivity contribution in [3.63, 3.8) is 0 Å². The third-order valence-electron chi connectivity index (χ3n) is 3.01. The molecule has 0 heterocycles. The maximum Gasteiger partial charge on any atom is 0.303 e. The van der Waals surface area contributed by atoms with E-state index in [-0.39, 0.29) is 18.7 Å². The van der Waals surface area contributed by atoms with E-state index in [0.29, 0.717) is 16.9 Å². The maximum atomic E-state index is 12.2. The van der Waals surface area contributed by atoms with Crippen molar-refractivity contribution in [2.24, 2.45) is 0 Å². The average Bonchev–Trinajstić information content (AvgIpc) is 2.54. The summed E-state index contributed by atoms with van der Waals surface area (Å²) in [6, 6.07) is 15.5. The molecule has 0 atom stereocenters. The Balaban J connectivity index is 2.00. The lowest BCUT2D eigenvalue weighted by Gasteiger charge is -2.08. The molecule has 118 valence electrons. The van der Waals surface area contributed by atoms with Crippen molar-refractivity contribution in [2.75, 3.05) is 10.6 Å². The number of nitrogens with one attached hydrogen (secondary N) is 2. The normalized spacial score (nSPS) is 9.91. The minimum absolute atomic E-state index is 0.115. The highest BCUT2D eigenvalue weighted by Crippen LogP contribution is 2.14. The van der Waals surface area contributed by atoms with Crippen LogP contribution in [0.25, 0.3) is 0 Å². The van der Waals surface area contributed by atoms with Gasteiger partial charge in [-0.05, 0) is 30.3 Å². The van der Waals surface area contributed by atoms with Gasteiger partial charge in [-0.2, -0.15) is 0 Å². The fourth-order valence-corrected chi connectivity index (χ4v) is 1.91. The van der Waals surface area contributed by atoms with Gasteiger partial charge < -0.3 is 15.7 Å². The fourth-order valence-electron chi connectivity index (χ4n) is 1.91. The van der Waals surface area contributed by atoms with Crippen LogP contribution in [0.1, 0.15) is 23.2 Å². The molecule has 0 aliphatic heterocycles. The Morgan fingerprint density at radius 3 is 2.22 bits per heavy atom. The van der Waals surface area contributed by atoms with Crippen LogP contribution in [-0.2, 0) is 9.59 Å². The van der Waals surface area contributed by atoms with Gasteiger partial charge in [-0.15, -0.1) is 0 Å². The second-order valence-corrected chi connectivity index (χ2v) is 4.84. The van der Waals surface area contributed by atoms with Crippen LogP contribution >= 0.6 is 0 Å². The summed E-state index contributed by atoms with van der Waals surface area (Å²) in [7, 11) is 0. The van der Waals surface area contributed by atoms with Crippen molar-refractivity contribution in [1.82, 2.24) is 0 Å². The van der Waals surface area contributed by atoms with E-state index < -0.39 is 11.9 Å². The molecule has 2 rings (SSSR count). The number of aliphatic carboxylic acids is 1. The molecule has 0 bridgehead atoms. The van der Waals surface area contributed by atoms with E-state index in [1.165, 1.54) is 6.07 Å². The van der Waals surface area contributed by atoms with E-state index in [2.05, 4.69) is 10.6 Å². The van der Waals surface area contributed by atoms with Gasteiger partial charge in [0.1, 0.15) is 0 Å². The van der Waals surface area contributed by atoms with Gasteiger partial charge in [0.2, 0.25) is 5.91 Å². The molecule has 2 aromatic rings. The molecule has 2 aromatic carbocycles. The van der Waals surface area contributed by atoms with Crippen molar-refractivity contribution in [1.29, 1.82) is 0 Å². The van der Waals surface area contributed by atoms with Crippen LogP contribution < -0.4 is 10.6 Å². The zero-order chi connectivity index (χ0) is 16.7. The van der Waals surface area contributed by atoms with Crippen LogP contribution in [0.2, 0.25) is 0 Å². The number of carboxylic acid groups (broad SMARTS) is 1. The topological polar surface area (TPSA) is 95.5 Å². The first-order chi connectivity index (χ1) is 11.0. The number of carbonyl (C=O) groups is 3. The molecule has 0 unspecified atom stereocenters. The minimum atomic E-state index is -1.03. The van der Waals surface area contributed by atoms with Crippen LogP contribution in [0.3, 0.4) is 0 Å². The summed E-state index contributed by atoms with van der Waals surface area (Å²) in [4.78, 5) is 34.2. The molecule has 3 N–H and O–H groups in total. The van der Waals surface area contributed by atoms with Gasteiger partial charge in [0.05, 0.1) is 6.42 Å². The highest BCUT2D eigenvalue weighted by molar-refractivity contribution is 6.05.